The standard InChI is InChI=1S/C18H18O4/c1-6-8-12(3)10-11-14-13(9-7-2)15(19)17(21-4)18(22-5)16(14)20/h10H,11H2,1-5H3/b12-10-. The summed E-state index contributed by atoms with van der Waals surface area (Å²) in [6.07, 6.45) is 2.05. The van der Waals surface area contributed by atoms with Crippen LogP contribution in [0.15, 0.2) is 34.3 Å². The van der Waals surface area contributed by atoms with E-state index in [1.165, 1.54) is 14.2 Å². The van der Waals surface area contributed by atoms with Crippen LogP contribution in [0.4, 0.5) is 0 Å². The smallest absolute Gasteiger partial charge is 0.240 e. The average molecular weight is 298 g/mol. The van der Waals surface area contributed by atoms with Crippen LogP contribution in [0.2, 0.25) is 0 Å². The summed E-state index contributed by atoms with van der Waals surface area (Å²) in [6, 6.07) is 0. The molecule has 0 spiro atoms. The predicted molar refractivity (Wildman–Crippen MR) is 83.4 cm³/mol. The molecule has 0 saturated heterocycles. The number of hydrogen-bond donors (Lipinski definition) is 0. The summed E-state index contributed by atoms with van der Waals surface area (Å²) >= 11 is 0. The third-order valence-electron chi connectivity index (χ3n) is 3.01. The number of ketones is 2. The molecule has 0 bridgehead atoms. The van der Waals surface area contributed by atoms with Gasteiger partial charge in [0.15, 0.2) is 0 Å². The predicted octanol–water partition coefficient (Wildman–Crippen LogP) is 2.32. The van der Waals surface area contributed by atoms with Crippen molar-refractivity contribution in [3.05, 3.63) is 34.3 Å². The molecule has 0 radical (unpaired) electrons. The second kappa shape index (κ2) is 7.90. The summed E-state index contributed by atoms with van der Waals surface area (Å²) in [7, 11) is 2.65. The number of carbonyl (C=O) groups is 2. The summed E-state index contributed by atoms with van der Waals surface area (Å²) in [5.74, 6) is 10.0. The third-order valence-corrected chi connectivity index (χ3v) is 3.01. The summed E-state index contributed by atoms with van der Waals surface area (Å²) in [4.78, 5) is 24.9. The maximum Gasteiger partial charge on any atom is 0.240 e. The molecule has 0 atom stereocenters. The Morgan fingerprint density at radius 3 is 2.14 bits per heavy atom. The normalized spacial score (nSPS) is 15.0. The number of rotatable bonds is 4. The number of hydrogen-bond acceptors (Lipinski definition) is 4. The fourth-order valence-electron chi connectivity index (χ4n) is 2.03. The van der Waals surface area contributed by atoms with Gasteiger partial charge in [0.2, 0.25) is 23.1 Å². The van der Waals surface area contributed by atoms with Crippen molar-refractivity contribution in [3.8, 4) is 23.7 Å². The maximum absolute atomic E-state index is 12.5. The van der Waals surface area contributed by atoms with Gasteiger partial charge in [-0.25, -0.2) is 0 Å². The van der Waals surface area contributed by atoms with E-state index < -0.39 is 5.78 Å². The van der Waals surface area contributed by atoms with E-state index in [0.29, 0.717) is 5.57 Å². The van der Waals surface area contributed by atoms with E-state index in [0.717, 1.165) is 5.57 Å². The van der Waals surface area contributed by atoms with Crippen molar-refractivity contribution < 1.29 is 19.1 Å². The monoisotopic (exact) mass is 298 g/mol. The molecule has 0 fully saturated rings. The molecule has 0 aromatic heterocycles. The first-order valence-corrected chi connectivity index (χ1v) is 6.68. The highest BCUT2D eigenvalue weighted by Crippen LogP contribution is 2.28. The number of Topliss-reactive ketones (excluding diaryl/α,β-unsaturated/α-hetero) is 2. The van der Waals surface area contributed by atoms with E-state index in [-0.39, 0.29) is 29.3 Å². The van der Waals surface area contributed by atoms with Crippen LogP contribution in [0.25, 0.3) is 0 Å². The molecule has 22 heavy (non-hydrogen) atoms. The van der Waals surface area contributed by atoms with Gasteiger partial charge in [-0.15, -0.1) is 11.8 Å². The van der Waals surface area contributed by atoms with Gasteiger partial charge < -0.3 is 9.47 Å². The van der Waals surface area contributed by atoms with Gasteiger partial charge in [0, 0.05) is 5.57 Å². The van der Waals surface area contributed by atoms with Crippen LogP contribution in [0.3, 0.4) is 0 Å². The van der Waals surface area contributed by atoms with Gasteiger partial charge in [0.1, 0.15) is 0 Å². The number of carbonyl (C=O) groups excluding carboxylic acids is 2. The van der Waals surface area contributed by atoms with E-state index in [1.54, 1.807) is 19.9 Å². The minimum absolute atomic E-state index is 0.0863. The fraction of sp³-hybridized carbons (Fsp3) is 0.333. The maximum atomic E-state index is 12.5. The molecule has 1 aliphatic rings. The van der Waals surface area contributed by atoms with Gasteiger partial charge in [0.25, 0.3) is 0 Å². The molecular formula is C18H18O4. The lowest BCUT2D eigenvalue weighted by Crippen LogP contribution is -2.25. The van der Waals surface area contributed by atoms with Gasteiger partial charge in [-0.3, -0.25) is 9.59 Å². The van der Waals surface area contributed by atoms with Crippen molar-refractivity contribution in [2.24, 2.45) is 0 Å². The summed E-state index contributed by atoms with van der Waals surface area (Å²) in [6.45, 7) is 5.18. The first kappa shape index (κ1) is 17.3. The first-order chi connectivity index (χ1) is 10.5. The molecule has 0 saturated carbocycles. The molecule has 114 valence electrons. The number of methoxy groups -OCH3 is 2. The Morgan fingerprint density at radius 1 is 1.05 bits per heavy atom. The molecule has 0 heterocycles. The molecule has 0 aliphatic heterocycles. The SMILES string of the molecule is CC#CC1=C(C/C=C(/C)C#CC)C(=O)C(OC)=C(OC)C1=O. The Morgan fingerprint density at radius 2 is 1.64 bits per heavy atom. The minimum Gasteiger partial charge on any atom is -0.489 e. The van der Waals surface area contributed by atoms with Crippen LogP contribution in [0.1, 0.15) is 27.2 Å². The molecule has 4 nitrogen and oxygen atoms in total. The molecule has 0 N–H and O–H groups in total. The molecule has 0 unspecified atom stereocenters. The largest absolute Gasteiger partial charge is 0.489 e. The van der Waals surface area contributed by atoms with Crippen LogP contribution in [-0.4, -0.2) is 25.8 Å². The van der Waals surface area contributed by atoms with Gasteiger partial charge >= 0.3 is 0 Å². The van der Waals surface area contributed by atoms with Crippen molar-refractivity contribution in [2.45, 2.75) is 27.2 Å². The molecule has 0 aromatic carbocycles. The average Bonchev–Trinajstić information content (AvgIpc) is 2.50. The van der Waals surface area contributed by atoms with Crippen LogP contribution in [0.5, 0.6) is 0 Å². The second-order valence-corrected chi connectivity index (χ2v) is 4.42. The van der Waals surface area contributed by atoms with Crippen LogP contribution in [0, 0.1) is 23.7 Å². The van der Waals surface area contributed by atoms with E-state index in [2.05, 4.69) is 23.7 Å². The van der Waals surface area contributed by atoms with E-state index >= 15 is 0 Å². The highest BCUT2D eigenvalue weighted by molar-refractivity contribution is 6.25. The number of ether oxygens (including phenoxy) is 2. The Bertz CT molecular complexity index is 710. The summed E-state index contributed by atoms with van der Waals surface area (Å²) < 4.78 is 10.1. The summed E-state index contributed by atoms with van der Waals surface area (Å²) in [5.41, 5.74) is 1.27. The van der Waals surface area contributed by atoms with Gasteiger partial charge in [0.05, 0.1) is 19.8 Å². The lowest BCUT2D eigenvalue weighted by molar-refractivity contribution is -0.120. The quantitative estimate of drug-likeness (QED) is 0.590. The van der Waals surface area contributed by atoms with Crippen LogP contribution < -0.4 is 0 Å². The molecule has 1 aliphatic carbocycles. The first-order valence-electron chi connectivity index (χ1n) is 6.68. The minimum atomic E-state index is -0.434. The molecule has 1 rings (SSSR count). The van der Waals surface area contributed by atoms with E-state index in [9.17, 15) is 9.59 Å². The molecule has 0 aromatic rings. The highest BCUT2D eigenvalue weighted by Gasteiger charge is 2.35. The van der Waals surface area contributed by atoms with Gasteiger partial charge in [-0.1, -0.05) is 17.9 Å². The van der Waals surface area contributed by atoms with Crippen LogP contribution >= 0.6 is 0 Å². The van der Waals surface area contributed by atoms with Crippen molar-refractivity contribution in [3.63, 3.8) is 0 Å². The van der Waals surface area contributed by atoms with Gasteiger partial charge in [-0.05, 0) is 32.8 Å². The Labute approximate surface area is 130 Å². The Hall–Kier alpha value is -2.72. The zero-order valence-corrected chi connectivity index (χ0v) is 13.4. The highest BCUT2D eigenvalue weighted by atomic mass is 16.5. The number of allylic oxidation sites excluding steroid dienone is 4. The topological polar surface area (TPSA) is 52.6 Å². The molecular weight excluding hydrogens is 280 g/mol. The van der Waals surface area contributed by atoms with E-state index in [1.807, 2.05) is 6.92 Å². The zero-order chi connectivity index (χ0) is 16.7. The zero-order valence-electron chi connectivity index (χ0n) is 13.4. The Balaban J connectivity index is 3.40. The fourth-order valence-corrected chi connectivity index (χ4v) is 2.03. The molecule has 0 amide bonds. The summed E-state index contributed by atoms with van der Waals surface area (Å²) in [5, 5.41) is 0. The second-order valence-electron chi connectivity index (χ2n) is 4.42. The lowest BCUT2D eigenvalue weighted by atomic mass is 9.90. The lowest BCUT2D eigenvalue weighted by Gasteiger charge is -2.19. The van der Waals surface area contributed by atoms with Gasteiger partial charge in [-0.2, -0.15) is 0 Å². The van der Waals surface area contributed by atoms with Crippen LogP contribution in [-0.2, 0) is 19.1 Å². The van der Waals surface area contributed by atoms with Crippen molar-refractivity contribution in [1.29, 1.82) is 0 Å². The van der Waals surface area contributed by atoms with Crippen molar-refractivity contribution >= 4 is 11.6 Å². The van der Waals surface area contributed by atoms with E-state index in [4.69, 9.17) is 9.47 Å². The Kier molecular flexibility index (Phi) is 6.23. The van der Waals surface area contributed by atoms with Crippen molar-refractivity contribution in [1.82, 2.24) is 0 Å². The third kappa shape index (κ3) is 3.48. The molecule has 4 heteroatoms. The van der Waals surface area contributed by atoms with Crippen molar-refractivity contribution in [2.75, 3.05) is 14.2 Å².